The van der Waals surface area contributed by atoms with Gasteiger partial charge in [0.1, 0.15) is 5.75 Å². The molecule has 0 atom stereocenters. The summed E-state index contributed by atoms with van der Waals surface area (Å²) >= 11 is 3.37. The highest BCUT2D eigenvalue weighted by Crippen LogP contribution is 2.29. The zero-order valence-corrected chi connectivity index (χ0v) is 11.2. The molecule has 0 spiro atoms. The van der Waals surface area contributed by atoms with Crippen LogP contribution in [0.5, 0.6) is 11.5 Å². The van der Waals surface area contributed by atoms with Gasteiger partial charge in [-0.2, -0.15) is 0 Å². The second kappa shape index (κ2) is 5.31. The van der Waals surface area contributed by atoms with Crippen molar-refractivity contribution < 1.29 is 13.9 Å². The van der Waals surface area contributed by atoms with Crippen LogP contribution in [-0.2, 0) is 0 Å². The van der Waals surface area contributed by atoms with E-state index in [2.05, 4.69) is 15.9 Å². The van der Waals surface area contributed by atoms with Crippen molar-refractivity contribution in [3.8, 4) is 11.5 Å². The average Bonchev–Trinajstić information content (AvgIpc) is 2.36. The molecule has 18 heavy (non-hydrogen) atoms. The van der Waals surface area contributed by atoms with Crippen LogP contribution in [0.15, 0.2) is 40.9 Å². The van der Waals surface area contributed by atoms with Crippen LogP contribution in [0.1, 0.15) is 15.9 Å². The Bertz CT molecular complexity index is 596. The Hall–Kier alpha value is -1.68. The highest BCUT2D eigenvalue weighted by Gasteiger charge is 2.10. The Labute approximate surface area is 113 Å². The molecular formula is C14H10BrFO2. The molecule has 0 aromatic heterocycles. The number of para-hydroxylation sites is 1. The van der Waals surface area contributed by atoms with Crippen molar-refractivity contribution in [1.82, 2.24) is 0 Å². The summed E-state index contributed by atoms with van der Waals surface area (Å²) < 4.78 is 20.0. The number of carbonyl (C=O) groups is 1. The third-order valence-corrected chi connectivity index (χ3v) is 3.36. The molecule has 0 saturated carbocycles. The predicted molar refractivity (Wildman–Crippen MR) is 70.7 cm³/mol. The summed E-state index contributed by atoms with van der Waals surface area (Å²) in [6.07, 6.45) is 0.574. The van der Waals surface area contributed by atoms with Crippen molar-refractivity contribution >= 4 is 22.2 Å². The van der Waals surface area contributed by atoms with Gasteiger partial charge in [0, 0.05) is 4.47 Å². The minimum absolute atomic E-state index is 0.0470. The lowest BCUT2D eigenvalue weighted by Crippen LogP contribution is -1.94. The Kier molecular flexibility index (Phi) is 3.77. The van der Waals surface area contributed by atoms with Crippen molar-refractivity contribution in [2.75, 3.05) is 0 Å². The molecule has 0 amide bonds. The van der Waals surface area contributed by atoms with Crippen LogP contribution < -0.4 is 4.74 Å². The predicted octanol–water partition coefficient (Wildman–Crippen LogP) is 4.50. The van der Waals surface area contributed by atoms with Gasteiger partial charge in [-0.3, -0.25) is 4.79 Å². The highest BCUT2D eigenvalue weighted by molar-refractivity contribution is 9.10. The van der Waals surface area contributed by atoms with Crippen LogP contribution in [0.4, 0.5) is 4.39 Å². The first-order valence-electron chi connectivity index (χ1n) is 5.29. The summed E-state index contributed by atoms with van der Waals surface area (Å²) in [6.45, 7) is 1.90. The van der Waals surface area contributed by atoms with E-state index in [0.29, 0.717) is 12.0 Å². The van der Waals surface area contributed by atoms with Crippen molar-refractivity contribution in [3.05, 3.63) is 57.8 Å². The number of rotatable bonds is 3. The van der Waals surface area contributed by atoms with E-state index in [0.717, 1.165) is 10.0 Å². The first-order chi connectivity index (χ1) is 8.61. The van der Waals surface area contributed by atoms with E-state index in [1.165, 1.54) is 18.2 Å². The van der Waals surface area contributed by atoms with Crippen molar-refractivity contribution in [3.63, 3.8) is 0 Å². The summed E-state index contributed by atoms with van der Waals surface area (Å²) in [5, 5.41) is 0. The van der Waals surface area contributed by atoms with Crippen LogP contribution in [0, 0.1) is 12.7 Å². The number of hydrogen-bond donors (Lipinski definition) is 0. The zero-order valence-electron chi connectivity index (χ0n) is 9.61. The molecule has 0 heterocycles. The molecule has 0 aliphatic carbocycles. The summed E-state index contributed by atoms with van der Waals surface area (Å²) in [5.41, 5.74) is 1.16. The van der Waals surface area contributed by atoms with Crippen LogP contribution in [0.3, 0.4) is 0 Å². The van der Waals surface area contributed by atoms with Gasteiger partial charge in [0.25, 0.3) is 0 Å². The molecule has 0 aliphatic rings. The lowest BCUT2D eigenvalue weighted by Gasteiger charge is -2.10. The van der Waals surface area contributed by atoms with Gasteiger partial charge in [-0.15, -0.1) is 0 Å². The van der Waals surface area contributed by atoms with Gasteiger partial charge in [-0.1, -0.05) is 22.0 Å². The lowest BCUT2D eigenvalue weighted by atomic mass is 10.2. The maximum Gasteiger partial charge on any atom is 0.173 e. The quantitative estimate of drug-likeness (QED) is 0.780. The van der Waals surface area contributed by atoms with Crippen molar-refractivity contribution in [2.24, 2.45) is 0 Å². The van der Waals surface area contributed by atoms with Crippen LogP contribution >= 0.6 is 15.9 Å². The average molecular weight is 309 g/mol. The molecule has 0 aliphatic heterocycles. The number of aryl methyl sites for hydroxylation is 1. The molecule has 2 aromatic rings. The molecule has 0 radical (unpaired) electrons. The number of ether oxygens (including phenoxy) is 1. The molecule has 0 bridgehead atoms. The SMILES string of the molecule is Cc1cc(Oc2c(F)cccc2C=O)ccc1Br. The van der Waals surface area contributed by atoms with E-state index in [-0.39, 0.29) is 11.3 Å². The minimum atomic E-state index is -0.555. The molecule has 0 saturated heterocycles. The molecule has 4 heteroatoms. The number of carbonyl (C=O) groups excluding carboxylic acids is 1. The van der Waals surface area contributed by atoms with Gasteiger partial charge in [0.05, 0.1) is 5.56 Å². The first kappa shape index (κ1) is 12.8. The summed E-state index contributed by atoms with van der Waals surface area (Å²) in [4.78, 5) is 10.8. The molecule has 2 rings (SSSR count). The standard InChI is InChI=1S/C14H10BrFO2/c1-9-7-11(5-6-12(9)15)18-14-10(8-17)3-2-4-13(14)16/h2-8H,1H3. The van der Waals surface area contributed by atoms with Crippen molar-refractivity contribution in [2.45, 2.75) is 6.92 Å². The summed E-state index contributed by atoms with van der Waals surface area (Å²) in [6, 6.07) is 9.53. The number of hydrogen-bond acceptors (Lipinski definition) is 2. The second-order valence-electron chi connectivity index (χ2n) is 3.79. The molecule has 2 nitrogen and oxygen atoms in total. The minimum Gasteiger partial charge on any atom is -0.454 e. The summed E-state index contributed by atoms with van der Waals surface area (Å²) in [5.74, 6) is -0.113. The Morgan fingerprint density at radius 2 is 2.06 bits per heavy atom. The topological polar surface area (TPSA) is 26.3 Å². The van der Waals surface area contributed by atoms with Crippen LogP contribution in [-0.4, -0.2) is 6.29 Å². The van der Waals surface area contributed by atoms with E-state index >= 15 is 0 Å². The van der Waals surface area contributed by atoms with Gasteiger partial charge in [0.2, 0.25) is 0 Å². The van der Waals surface area contributed by atoms with Crippen LogP contribution in [0.2, 0.25) is 0 Å². The first-order valence-corrected chi connectivity index (χ1v) is 6.09. The van der Waals surface area contributed by atoms with Gasteiger partial charge in [-0.25, -0.2) is 4.39 Å². The van der Waals surface area contributed by atoms with Crippen LogP contribution in [0.25, 0.3) is 0 Å². The molecule has 0 fully saturated rings. The van der Waals surface area contributed by atoms with E-state index < -0.39 is 5.82 Å². The second-order valence-corrected chi connectivity index (χ2v) is 4.64. The zero-order chi connectivity index (χ0) is 13.1. The number of aldehydes is 1. The molecule has 92 valence electrons. The maximum atomic E-state index is 13.6. The normalized spacial score (nSPS) is 10.2. The largest absolute Gasteiger partial charge is 0.454 e. The monoisotopic (exact) mass is 308 g/mol. The smallest absolute Gasteiger partial charge is 0.173 e. The molecular weight excluding hydrogens is 299 g/mol. The van der Waals surface area contributed by atoms with Gasteiger partial charge >= 0.3 is 0 Å². The third-order valence-electron chi connectivity index (χ3n) is 2.47. The lowest BCUT2D eigenvalue weighted by molar-refractivity contribution is 0.112. The van der Waals surface area contributed by atoms with Crippen molar-refractivity contribution in [1.29, 1.82) is 0 Å². The molecule has 2 aromatic carbocycles. The molecule has 0 N–H and O–H groups in total. The van der Waals surface area contributed by atoms with Gasteiger partial charge in [-0.05, 0) is 42.8 Å². The summed E-state index contributed by atoms with van der Waals surface area (Å²) in [7, 11) is 0. The van der Waals surface area contributed by atoms with E-state index in [4.69, 9.17) is 4.74 Å². The fourth-order valence-electron chi connectivity index (χ4n) is 1.52. The number of halogens is 2. The van der Waals surface area contributed by atoms with E-state index in [1.54, 1.807) is 12.1 Å². The van der Waals surface area contributed by atoms with E-state index in [1.807, 2.05) is 13.0 Å². The Morgan fingerprint density at radius 3 is 2.72 bits per heavy atom. The maximum absolute atomic E-state index is 13.6. The fraction of sp³-hybridized carbons (Fsp3) is 0.0714. The fourth-order valence-corrected chi connectivity index (χ4v) is 1.77. The van der Waals surface area contributed by atoms with Gasteiger partial charge < -0.3 is 4.74 Å². The molecule has 0 unspecified atom stereocenters. The highest BCUT2D eigenvalue weighted by atomic mass is 79.9. The van der Waals surface area contributed by atoms with Gasteiger partial charge in [0.15, 0.2) is 17.9 Å². The third kappa shape index (κ3) is 2.59. The Morgan fingerprint density at radius 1 is 1.28 bits per heavy atom. The Balaban J connectivity index is 2.39. The number of benzene rings is 2. The van der Waals surface area contributed by atoms with E-state index in [9.17, 15) is 9.18 Å².